The Morgan fingerprint density at radius 3 is 2.62 bits per heavy atom. The van der Waals surface area contributed by atoms with Crippen LogP contribution in [0.5, 0.6) is 0 Å². The molecule has 4 heteroatoms. The molecule has 0 saturated heterocycles. The number of aromatic nitrogens is 1. The van der Waals surface area contributed by atoms with Crippen molar-refractivity contribution < 1.29 is 4.74 Å². The molecule has 1 aromatic rings. The molecule has 118 valence electrons. The molecule has 21 heavy (non-hydrogen) atoms. The topological polar surface area (TPSA) is 34.1 Å². The van der Waals surface area contributed by atoms with Gasteiger partial charge in [-0.25, -0.2) is 4.98 Å². The van der Waals surface area contributed by atoms with Gasteiger partial charge in [-0.2, -0.15) is 0 Å². The van der Waals surface area contributed by atoms with E-state index < -0.39 is 0 Å². The zero-order valence-corrected chi connectivity index (χ0v) is 14.4. The fraction of sp³-hybridized carbons (Fsp3) is 0.824. The Balaban J connectivity index is 1.71. The average Bonchev–Trinajstić information content (AvgIpc) is 3.16. The van der Waals surface area contributed by atoms with Gasteiger partial charge in [0, 0.05) is 24.6 Å². The minimum Gasteiger partial charge on any atom is -0.368 e. The van der Waals surface area contributed by atoms with Crippen LogP contribution in [0.3, 0.4) is 0 Å². The van der Waals surface area contributed by atoms with E-state index in [1.54, 1.807) is 11.3 Å². The van der Waals surface area contributed by atoms with E-state index in [2.05, 4.69) is 31.5 Å². The molecule has 2 saturated carbocycles. The van der Waals surface area contributed by atoms with Crippen molar-refractivity contribution in [3.63, 3.8) is 0 Å². The van der Waals surface area contributed by atoms with Crippen molar-refractivity contribution in [3.8, 4) is 0 Å². The first-order chi connectivity index (χ1) is 10.0. The van der Waals surface area contributed by atoms with Gasteiger partial charge in [0.05, 0.1) is 5.69 Å². The largest absolute Gasteiger partial charge is 0.368 e. The molecule has 2 aliphatic rings. The third-order valence-corrected chi connectivity index (χ3v) is 6.00. The molecule has 2 fully saturated rings. The minimum atomic E-state index is -0.118. The van der Waals surface area contributed by atoms with E-state index in [9.17, 15) is 0 Å². The van der Waals surface area contributed by atoms with E-state index in [1.165, 1.54) is 36.4 Å². The molecular weight excluding hydrogens is 280 g/mol. The number of nitrogens with one attached hydrogen (secondary N) is 1. The van der Waals surface area contributed by atoms with E-state index in [1.807, 2.05) is 0 Å². The standard InChI is InChI=1S/C17H28N2OS/c1-4-20-17(9-7-16(2,3)8-10-17)15-19-14(12-21-15)11-18-13-5-6-13/h12-13,18H,4-11H2,1-3H3. The van der Waals surface area contributed by atoms with Gasteiger partial charge >= 0.3 is 0 Å². The number of rotatable bonds is 6. The summed E-state index contributed by atoms with van der Waals surface area (Å²) in [5.41, 5.74) is 1.52. The summed E-state index contributed by atoms with van der Waals surface area (Å²) >= 11 is 1.79. The summed E-state index contributed by atoms with van der Waals surface area (Å²) in [6.07, 6.45) is 7.32. The molecule has 0 spiro atoms. The number of hydrogen-bond acceptors (Lipinski definition) is 4. The second kappa shape index (κ2) is 5.98. The summed E-state index contributed by atoms with van der Waals surface area (Å²) in [5.74, 6) is 0. The van der Waals surface area contributed by atoms with Gasteiger partial charge in [0.1, 0.15) is 10.6 Å². The lowest BCUT2D eigenvalue weighted by molar-refractivity contribution is -0.0891. The van der Waals surface area contributed by atoms with E-state index in [0.29, 0.717) is 5.41 Å². The van der Waals surface area contributed by atoms with Gasteiger partial charge in [0.2, 0.25) is 0 Å². The molecule has 0 bridgehead atoms. The van der Waals surface area contributed by atoms with Crippen molar-refractivity contribution >= 4 is 11.3 Å². The van der Waals surface area contributed by atoms with Crippen LogP contribution >= 0.6 is 11.3 Å². The molecule has 0 atom stereocenters. The quantitative estimate of drug-likeness (QED) is 0.854. The van der Waals surface area contributed by atoms with Gasteiger partial charge in [0.25, 0.3) is 0 Å². The Kier molecular flexibility index (Phi) is 4.40. The molecular formula is C17H28N2OS. The zero-order valence-electron chi connectivity index (χ0n) is 13.6. The van der Waals surface area contributed by atoms with Gasteiger partial charge < -0.3 is 10.1 Å². The summed E-state index contributed by atoms with van der Waals surface area (Å²) in [7, 11) is 0. The third-order valence-electron chi connectivity index (χ3n) is 4.92. The molecule has 0 unspecified atom stereocenters. The summed E-state index contributed by atoms with van der Waals surface area (Å²) in [6.45, 7) is 8.53. The second-order valence-corrected chi connectivity index (χ2v) is 8.25. The number of nitrogens with zero attached hydrogens (tertiary/aromatic N) is 1. The minimum absolute atomic E-state index is 0.118. The average molecular weight is 308 g/mol. The third kappa shape index (κ3) is 3.66. The van der Waals surface area contributed by atoms with Gasteiger partial charge in [0.15, 0.2) is 0 Å². The first-order valence-corrected chi connectivity index (χ1v) is 9.23. The van der Waals surface area contributed by atoms with Crippen LogP contribution in [0.25, 0.3) is 0 Å². The molecule has 0 aromatic carbocycles. The molecule has 3 rings (SSSR count). The molecule has 0 aliphatic heterocycles. The molecule has 0 radical (unpaired) electrons. The maximum Gasteiger partial charge on any atom is 0.125 e. The normalized spacial score (nSPS) is 24.1. The zero-order chi connectivity index (χ0) is 14.9. The van der Waals surface area contributed by atoms with Crippen molar-refractivity contribution in [2.45, 2.75) is 77.5 Å². The maximum absolute atomic E-state index is 6.23. The highest BCUT2D eigenvalue weighted by molar-refractivity contribution is 7.09. The van der Waals surface area contributed by atoms with Gasteiger partial charge in [-0.1, -0.05) is 13.8 Å². The molecule has 1 N–H and O–H groups in total. The lowest BCUT2D eigenvalue weighted by atomic mass is 9.71. The Morgan fingerprint density at radius 1 is 1.29 bits per heavy atom. The lowest BCUT2D eigenvalue weighted by Crippen LogP contribution is -2.37. The van der Waals surface area contributed by atoms with Gasteiger partial charge in [-0.05, 0) is 50.9 Å². The smallest absolute Gasteiger partial charge is 0.125 e. The Bertz CT molecular complexity index is 469. The van der Waals surface area contributed by atoms with E-state index in [-0.39, 0.29) is 5.60 Å². The van der Waals surface area contributed by atoms with Crippen LogP contribution in [0, 0.1) is 5.41 Å². The highest BCUT2D eigenvalue weighted by Crippen LogP contribution is 2.48. The summed E-state index contributed by atoms with van der Waals surface area (Å²) < 4.78 is 6.23. The monoisotopic (exact) mass is 308 g/mol. The molecule has 1 heterocycles. The van der Waals surface area contributed by atoms with E-state index in [4.69, 9.17) is 9.72 Å². The summed E-state index contributed by atoms with van der Waals surface area (Å²) in [5, 5.41) is 6.96. The number of hydrogen-bond donors (Lipinski definition) is 1. The van der Waals surface area contributed by atoms with Crippen molar-refractivity contribution in [1.82, 2.24) is 10.3 Å². The van der Waals surface area contributed by atoms with E-state index >= 15 is 0 Å². The van der Waals surface area contributed by atoms with Gasteiger partial charge in [-0.3, -0.25) is 0 Å². The van der Waals surface area contributed by atoms with Crippen LogP contribution in [-0.2, 0) is 16.9 Å². The summed E-state index contributed by atoms with van der Waals surface area (Å²) in [6, 6.07) is 0.742. The van der Waals surface area contributed by atoms with Crippen LogP contribution in [0.4, 0.5) is 0 Å². The molecule has 2 aliphatic carbocycles. The first-order valence-electron chi connectivity index (χ1n) is 8.35. The molecule has 3 nitrogen and oxygen atoms in total. The molecule has 1 aromatic heterocycles. The van der Waals surface area contributed by atoms with Gasteiger partial charge in [-0.15, -0.1) is 11.3 Å². The van der Waals surface area contributed by atoms with E-state index in [0.717, 1.165) is 32.0 Å². The van der Waals surface area contributed by atoms with Crippen molar-refractivity contribution in [2.24, 2.45) is 5.41 Å². The number of ether oxygens (including phenoxy) is 1. The predicted molar refractivity (Wildman–Crippen MR) is 87.5 cm³/mol. The summed E-state index contributed by atoms with van der Waals surface area (Å²) in [4.78, 5) is 4.90. The second-order valence-electron chi connectivity index (χ2n) is 7.39. The van der Waals surface area contributed by atoms with Crippen molar-refractivity contribution in [3.05, 3.63) is 16.1 Å². The number of thiazole rings is 1. The highest BCUT2D eigenvalue weighted by Gasteiger charge is 2.42. The maximum atomic E-state index is 6.23. The van der Waals surface area contributed by atoms with Crippen LogP contribution in [-0.4, -0.2) is 17.6 Å². The Labute approximate surface area is 132 Å². The van der Waals surface area contributed by atoms with Crippen LogP contribution in [0.2, 0.25) is 0 Å². The Morgan fingerprint density at radius 2 is 2.00 bits per heavy atom. The van der Waals surface area contributed by atoms with Crippen LogP contribution < -0.4 is 5.32 Å². The van der Waals surface area contributed by atoms with Crippen LogP contribution in [0.15, 0.2) is 5.38 Å². The first kappa shape index (κ1) is 15.4. The molecule has 0 amide bonds. The Hall–Kier alpha value is -0.450. The fourth-order valence-corrected chi connectivity index (χ4v) is 4.19. The SMILES string of the molecule is CCOC1(c2nc(CNC3CC3)cs2)CCC(C)(C)CC1. The van der Waals surface area contributed by atoms with Crippen LogP contribution in [0.1, 0.15) is 70.0 Å². The lowest BCUT2D eigenvalue weighted by Gasteiger charge is -2.42. The van der Waals surface area contributed by atoms with Crippen molar-refractivity contribution in [2.75, 3.05) is 6.61 Å². The predicted octanol–water partition coefficient (Wildman–Crippen LogP) is 4.23. The fourth-order valence-electron chi connectivity index (χ4n) is 3.16. The highest BCUT2D eigenvalue weighted by atomic mass is 32.1. The van der Waals surface area contributed by atoms with Crippen molar-refractivity contribution in [1.29, 1.82) is 0 Å².